The van der Waals surface area contributed by atoms with Crippen LogP contribution in [0.1, 0.15) is 49.1 Å². The van der Waals surface area contributed by atoms with Crippen LogP contribution in [0.2, 0.25) is 0 Å². The normalized spacial score (nSPS) is 22.2. The van der Waals surface area contributed by atoms with E-state index in [-0.39, 0.29) is 12.3 Å². The first-order chi connectivity index (χ1) is 10.1. The molecule has 0 spiro atoms. The number of hydrogen-bond acceptors (Lipinski definition) is 2. The fourth-order valence-electron chi connectivity index (χ4n) is 3.67. The van der Waals surface area contributed by atoms with E-state index in [4.69, 9.17) is 0 Å². The molecule has 1 aromatic rings. The molecule has 0 heterocycles. The Bertz CT molecular complexity index is 561. The number of carboxylic acids is 1. The van der Waals surface area contributed by atoms with Crippen LogP contribution in [0.15, 0.2) is 24.3 Å². The molecule has 21 heavy (non-hydrogen) atoms. The minimum absolute atomic E-state index is 0.122. The Morgan fingerprint density at radius 2 is 1.95 bits per heavy atom. The van der Waals surface area contributed by atoms with Crippen molar-refractivity contribution in [2.45, 2.75) is 44.4 Å². The maximum Gasteiger partial charge on any atom is 0.310 e. The minimum Gasteiger partial charge on any atom is -0.481 e. The van der Waals surface area contributed by atoms with Crippen molar-refractivity contribution in [2.24, 2.45) is 5.41 Å². The lowest BCUT2D eigenvalue weighted by Crippen LogP contribution is -2.38. The summed E-state index contributed by atoms with van der Waals surface area (Å²) >= 11 is 0. The maximum atomic E-state index is 12.1. The first-order valence-corrected chi connectivity index (χ1v) is 7.69. The zero-order valence-electron chi connectivity index (χ0n) is 12.1. The Balaban J connectivity index is 1.53. The van der Waals surface area contributed by atoms with E-state index in [9.17, 15) is 14.7 Å². The molecule has 1 amide bonds. The van der Waals surface area contributed by atoms with Gasteiger partial charge in [0.05, 0.1) is 5.41 Å². The van der Waals surface area contributed by atoms with Gasteiger partial charge < -0.3 is 10.4 Å². The summed E-state index contributed by atoms with van der Waals surface area (Å²) in [7, 11) is 0. The van der Waals surface area contributed by atoms with Crippen LogP contribution < -0.4 is 5.32 Å². The Morgan fingerprint density at radius 1 is 1.24 bits per heavy atom. The van der Waals surface area contributed by atoms with Crippen LogP contribution in [0, 0.1) is 5.41 Å². The number of nitrogens with one attached hydrogen (secondary N) is 1. The molecular formula is C17H21NO3. The van der Waals surface area contributed by atoms with E-state index >= 15 is 0 Å². The number of rotatable bonds is 5. The first-order valence-electron chi connectivity index (χ1n) is 7.69. The molecule has 2 N–H and O–H groups in total. The highest BCUT2D eigenvalue weighted by atomic mass is 16.4. The molecule has 2 aliphatic carbocycles. The standard InChI is InChI=1S/C17H21NO3/c19-15(10-17(16(20)21)7-3-4-8-17)18-11-13-9-12-5-1-2-6-14(12)13/h1-2,5-6,13H,3-4,7-11H2,(H,18,19)(H,20,21). The van der Waals surface area contributed by atoms with Crippen LogP contribution in [0.25, 0.3) is 0 Å². The summed E-state index contributed by atoms with van der Waals surface area (Å²) in [6.07, 6.45) is 4.20. The van der Waals surface area contributed by atoms with Crippen LogP contribution in [-0.4, -0.2) is 23.5 Å². The third kappa shape index (κ3) is 2.67. The van der Waals surface area contributed by atoms with Gasteiger partial charge in [-0.15, -0.1) is 0 Å². The van der Waals surface area contributed by atoms with E-state index in [2.05, 4.69) is 17.4 Å². The topological polar surface area (TPSA) is 66.4 Å². The van der Waals surface area contributed by atoms with Gasteiger partial charge in [0.25, 0.3) is 0 Å². The van der Waals surface area contributed by atoms with E-state index in [0.717, 1.165) is 19.3 Å². The summed E-state index contributed by atoms with van der Waals surface area (Å²) in [6.45, 7) is 0.617. The Hall–Kier alpha value is -1.84. The van der Waals surface area contributed by atoms with Gasteiger partial charge in [0.2, 0.25) is 5.91 Å². The lowest BCUT2D eigenvalue weighted by Gasteiger charge is -2.30. The van der Waals surface area contributed by atoms with Crippen LogP contribution >= 0.6 is 0 Å². The van der Waals surface area contributed by atoms with Crippen molar-refractivity contribution in [3.8, 4) is 0 Å². The SMILES string of the molecule is O=C(CC1(C(=O)O)CCCC1)NCC1Cc2ccccc21. The second-order valence-corrected chi connectivity index (χ2v) is 6.37. The van der Waals surface area contributed by atoms with E-state index in [0.29, 0.717) is 25.3 Å². The third-order valence-corrected chi connectivity index (χ3v) is 5.02. The number of carbonyl (C=O) groups is 2. The quantitative estimate of drug-likeness (QED) is 0.874. The zero-order chi connectivity index (χ0) is 14.9. The molecule has 4 nitrogen and oxygen atoms in total. The molecule has 4 heteroatoms. The smallest absolute Gasteiger partial charge is 0.310 e. The summed E-state index contributed by atoms with van der Waals surface area (Å²) < 4.78 is 0. The molecule has 0 bridgehead atoms. The van der Waals surface area contributed by atoms with Crippen LogP contribution in [0.3, 0.4) is 0 Å². The zero-order valence-corrected chi connectivity index (χ0v) is 12.1. The number of fused-ring (bicyclic) bond motifs is 1. The average Bonchev–Trinajstić information content (AvgIpc) is 2.89. The molecule has 1 saturated carbocycles. The fraction of sp³-hybridized carbons (Fsp3) is 0.529. The largest absolute Gasteiger partial charge is 0.481 e. The molecule has 0 aliphatic heterocycles. The first kappa shape index (κ1) is 14.1. The molecule has 0 radical (unpaired) electrons. The maximum absolute atomic E-state index is 12.1. The number of benzene rings is 1. The van der Waals surface area contributed by atoms with Crippen molar-refractivity contribution >= 4 is 11.9 Å². The Labute approximate surface area is 124 Å². The molecule has 2 aliphatic rings. The molecule has 0 saturated heterocycles. The van der Waals surface area contributed by atoms with Crippen molar-refractivity contribution in [1.29, 1.82) is 0 Å². The second kappa shape index (κ2) is 5.51. The van der Waals surface area contributed by atoms with E-state index in [1.54, 1.807) is 0 Å². The average molecular weight is 287 g/mol. The molecule has 0 aromatic heterocycles. The Morgan fingerprint density at radius 3 is 2.62 bits per heavy atom. The van der Waals surface area contributed by atoms with Gasteiger partial charge in [-0.3, -0.25) is 9.59 Å². The van der Waals surface area contributed by atoms with Gasteiger partial charge in [-0.1, -0.05) is 37.1 Å². The van der Waals surface area contributed by atoms with Gasteiger partial charge in [-0.05, 0) is 30.4 Å². The highest BCUT2D eigenvalue weighted by Crippen LogP contribution is 2.41. The number of aliphatic carboxylic acids is 1. The van der Waals surface area contributed by atoms with Crippen molar-refractivity contribution < 1.29 is 14.7 Å². The van der Waals surface area contributed by atoms with Gasteiger partial charge in [0.15, 0.2) is 0 Å². The summed E-state index contributed by atoms with van der Waals surface area (Å²) in [4.78, 5) is 23.5. The van der Waals surface area contributed by atoms with Gasteiger partial charge in [-0.25, -0.2) is 0 Å². The van der Waals surface area contributed by atoms with Gasteiger partial charge >= 0.3 is 5.97 Å². The molecule has 112 valence electrons. The van der Waals surface area contributed by atoms with Crippen LogP contribution in [0.4, 0.5) is 0 Å². The molecule has 1 atom stereocenters. The van der Waals surface area contributed by atoms with Crippen LogP contribution in [-0.2, 0) is 16.0 Å². The highest BCUT2D eigenvalue weighted by molar-refractivity contribution is 5.85. The van der Waals surface area contributed by atoms with Crippen molar-refractivity contribution in [3.05, 3.63) is 35.4 Å². The lowest BCUT2D eigenvalue weighted by molar-refractivity contribution is -0.151. The summed E-state index contributed by atoms with van der Waals surface area (Å²) in [5.41, 5.74) is 1.85. The number of amides is 1. The Kier molecular flexibility index (Phi) is 3.70. The van der Waals surface area contributed by atoms with Gasteiger partial charge in [0.1, 0.15) is 0 Å². The molecule has 3 rings (SSSR count). The van der Waals surface area contributed by atoms with E-state index < -0.39 is 11.4 Å². The number of hydrogen-bond donors (Lipinski definition) is 2. The number of carboxylic acid groups (broad SMARTS) is 1. The van der Waals surface area contributed by atoms with E-state index in [1.807, 2.05) is 12.1 Å². The van der Waals surface area contributed by atoms with E-state index in [1.165, 1.54) is 11.1 Å². The molecule has 1 unspecified atom stereocenters. The summed E-state index contributed by atoms with van der Waals surface area (Å²) in [5.74, 6) is -0.553. The monoisotopic (exact) mass is 287 g/mol. The fourth-order valence-corrected chi connectivity index (χ4v) is 3.67. The molecule has 1 aromatic carbocycles. The second-order valence-electron chi connectivity index (χ2n) is 6.37. The van der Waals surface area contributed by atoms with Crippen molar-refractivity contribution in [3.63, 3.8) is 0 Å². The summed E-state index contributed by atoms with van der Waals surface area (Å²) in [5, 5.41) is 12.3. The third-order valence-electron chi connectivity index (χ3n) is 5.02. The van der Waals surface area contributed by atoms with Crippen molar-refractivity contribution in [2.75, 3.05) is 6.54 Å². The summed E-state index contributed by atoms with van der Waals surface area (Å²) in [6, 6.07) is 8.27. The van der Waals surface area contributed by atoms with Crippen LogP contribution in [0.5, 0.6) is 0 Å². The minimum atomic E-state index is -0.818. The van der Waals surface area contributed by atoms with Crippen molar-refractivity contribution in [1.82, 2.24) is 5.32 Å². The van der Waals surface area contributed by atoms with Gasteiger partial charge in [-0.2, -0.15) is 0 Å². The lowest BCUT2D eigenvalue weighted by atomic mass is 9.77. The van der Waals surface area contributed by atoms with Gasteiger partial charge in [0, 0.05) is 18.9 Å². The molecular weight excluding hydrogens is 266 g/mol. The predicted octanol–water partition coefficient (Wildman–Crippen LogP) is 2.48. The highest BCUT2D eigenvalue weighted by Gasteiger charge is 2.43. The molecule has 1 fully saturated rings. The predicted molar refractivity (Wildman–Crippen MR) is 79.1 cm³/mol. The number of carbonyl (C=O) groups excluding carboxylic acids is 1.